The first kappa shape index (κ1) is 13.3. The second-order valence-corrected chi connectivity index (χ2v) is 6.78. The highest BCUT2D eigenvalue weighted by atomic mass is 32.1. The van der Waals surface area contributed by atoms with Crippen LogP contribution in [-0.2, 0) is 6.42 Å². The molecule has 2 aliphatic rings. The van der Waals surface area contributed by atoms with Crippen LogP contribution in [0.2, 0.25) is 0 Å². The SMILES string of the molecule is CCc1ccc(C(=O)CN2CCN3CCCC3C2)s1. The van der Waals surface area contributed by atoms with Crippen LogP contribution < -0.4 is 0 Å². The van der Waals surface area contributed by atoms with Crippen LogP contribution in [0.25, 0.3) is 0 Å². The van der Waals surface area contributed by atoms with Crippen molar-refractivity contribution in [3.05, 3.63) is 21.9 Å². The number of carbonyl (C=O) groups excluding carboxylic acids is 1. The van der Waals surface area contributed by atoms with Gasteiger partial charge in [-0.05, 0) is 37.9 Å². The highest BCUT2D eigenvalue weighted by molar-refractivity contribution is 7.14. The lowest BCUT2D eigenvalue weighted by molar-refractivity contribution is 0.0787. The summed E-state index contributed by atoms with van der Waals surface area (Å²) in [5.41, 5.74) is 0. The van der Waals surface area contributed by atoms with Gasteiger partial charge in [-0.2, -0.15) is 0 Å². The molecule has 0 N–H and O–H groups in total. The number of thiophene rings is 1. The number of ketones is 1. The predicted molar refractivity (Wildman–Crippen MR) is 79.1 cm³/mol. The van der Waals surface area contributed by atoms with Crippen molar-refractivity contribution in [1.82, 2.24) is 9.80 Å². The molecule has 0 amide bonds. The topological polar surface area (TPSA) is 23.6 Å². The number of rotatable bonds is 4. The molecular weight excluding hydrogens is 256 g/mol. The van der Waals surface area contributed by atoms with Crippen molar-refractivity contribution in [1.29, 1.82) is 0 Å². The molecular formula is C15H22N2OS. The van der Waals surface area contributed by atoms with Crippen molar-refractivity contribution in [2.75, 3.05) is 32.7 Å². The number of piperazine rings is 1. The summed E-state index contributed by atoms with van der Waals surface area (Å²) in [5.74, 6) is 0.302. The number of aryl methyl sites for hydroxylation is 1. The third-order valence-electron chi connectivity index (χ3n) is 4.32. The van der Waals surface area contributed by atoms with Crippen molar-refractivity contribution >= 4 is 17.1 Å². The maximum absolute atomic E-state index is 12.3. The average Bonchev–Trinajstić information content (AvgIpc) is 3.06. The van der Waals surface area contributed by atoms with Crippen LogP contribution in [0.4, 0.5) is 0 Å². The molecule has 19 heavy (non-hydrogen) atoms. The fourth-order valence-corrected chi connectivity index (χ4v) is 4.08. The minimum absolute atomic E-state index is 0.302. The highest BCUT2D eigenvalue weighted by Crippen LogP contribution is 2.22. The van der Waals surface area contributed by atoms with Crippen LogP contribution in [-0.4, -0.2) is 54.3 Å². The molecule has 1 unspecified atom stereocenters. The first-order valence-electron chi connectivity index (χ1n) is 7.34. The van der Waals surface area contributed by atoms with Gasteiger partial charge in [0.25, 0.3) is 0 Å². The van der Waals surface area contributed by atoms with Crippen LogP contribution in [0.3, 0.4) is 0 Å². The van der Waals surface area contributed by atoms with E-state index in [9.17, 15) is 4.79 Å². The molecule has 2 saturated heterocycles. The first-order chi connectivity index (χ1) is 9.26. The van der Waals surface area contributed by atoms with Crippen LogP contribution in [0, 0.1) is 0 Å². The van der Waals surface area contributed by atoms with Gasteiger partial charge >= 0.3 is 0 Å². The van der Waals surface area contributed by atoms with Crippen LogP contribution in [0.1, 0.15) is 34.3 Å². The van der Waals surface area contributed by atoms with Gasteiger partial charge < -0.3 is 0 Å². The smallest absolute Gasteiger partial charge is 0.186 e. The Hall–Kier alpha value is -0.710. The predicted octanol–water partition coefficient (Wildman–Crippen LogP) is 2.27. The molecule has 1 aromatic rings. The van der Waals surface area contributed by atoms with Crippen LogP contribution >= 0.6 is 11.3 Å². The maximum atomic E-state index is 12.3. The van der Waals surface area contributed by atoms with Crippen molar-refractivity contribution in [3.8, 4) is 0 Å². The van der Waals surface area contributed by atoms with Gasteiger partial charge in [0.1, 0.15) is 0 Å². The number of hydrogen-bond acceptors (Lipinski definition) is 4. The first-order valence-corrected chi connectivity index (χ1v) is 8.16. The molecule has 2 fully saturated rings. The minimum atomic E-state index is 0.302. The van der Waals surface area contributed by atoms with E-state index in [2.05, 4.69) is 22.8 Å². The molecule has 2 aliphatic heterocycles. The summed E-state index contributed by atoms with van der Waals surface area (Å²) in [7, 11) is 0. The van der Waals surface area contributed by atoms with Gasteiger partial charge in [-0.15, -0.1) is 11.3 Å². The summed E-state index contributed by atoms with van der Waals surface area (Å²) in [6, 6.07) is 4.79. The van der Waals surface area contributed by atoms with Gasteiger partial charge in [-0.25, -0.2) is 0 Å². The van der Waals surface area contributed by atoms with E-state index in [1.54, 1.807) is 11.3 Å². The maximum Gasteiger partial charge on any atom is 0.186 e. The molecule has 4 heteroatoms. The Balaban J connectivity index is 1.57. The molecule has 3 rings (SSSR count). The molecule has 1 atom stereocenters. The molecule has 1 aromatic heterocycles. The summed E-state index contributed by atoms with van der Waals surface area (Å²) in [6.07, 6.45) is 3.67. The third kappa shape index (κ3) is 2.91. The molecule has 0 spiro atoms. The molecule has 0 aromatic carbocycles. The van der Waals surface area contributed by atoms with Crippen molar-refractivity contribution in [3.63, 3.8) is 0 Å². The molecule has 3 heterocycles. The quantitative estimate of drug-likeness (QED) is 0.789. The Bertz CT molecular complexity index is 457. The van der Waals surface area contributed by atoms with Gasteiger partial charge in [-0.3, -0.25) is 14.6 Å². The van der Waals surface area contributed by atoms with Gasteiger partial charge in [0, 0.05) is 30.6 Å². The van der Waals surface area contributed by atoms with Crippen molar-refractivity contribution in [2.45, 2.75) is 32.2 Å². The Morgan fingerprint density at radius 3 is 3.05 bits per heavy atom. The fraction of sp³-hybridized carbons (Fsp3) is 0.667. The van der Waals surface area contributed by atoms with E-state index >= 15 is 0 Å². The van der Waals surface area contributed by atoms with Gasteiger partial charge in [0.2, 0.25) is 0 Å². The largest absolute Gasteiger partial charge is 0.298 e. The summed E-state index contributed by atoms with van der Waals surface area (Å²) < 4.78 is 0. The minimum Gasteiger partial charge on any atom is -0.298 e. The zero-order valence-corrected chi connectivity index (χ0v) is 12.4. The van der Waals surface area contributed by atoms with Gasteiger partial charge in [-0.1, -0.05) is 6.92 Å². The monoisotopic (exact) mass is 278 g/mol. The lowest BCUT2D eigenvalue weighted by atomic mass is 10.1. The second-order valence-electron chi connectivity index (χ2n) is 5.61. The van der Waals surface area contributed by atoms with Crippen molar-refractivity contribution in [2.24, 2.45) is 0 Å². The fourth-order valence-electron chi connectivity index (χ4n) is 3.20. The Labute approximate surface area is 119 Å². The highest BCUT2D eigenvalue weighted by Gasteiger charge is 2.31. The average molecular weight is 278 g/mol. The Kier molecular flexibility index (Phi) is 4.01. The number of fused-ring (bicyclic) bond motifs is 1. The summed E-state index contributed by atoms with van der Waals surface area (Å²) in [4.78, 5) is 19.5. The number of nitrogens with zero attached hydrogens (tertiary/aromatic N) is 2. The van der Waals surface area contributed by atoms with Gasteiger partial charge in [0.05, 0.1) is 11.4 Å². The lowest BCUT2D eigenvalue weighted by Gasteiger charge is -2.37. The Morgan fingerprint density at radius 1 is 1.37 bits per heavy atom. The standard InChI is InChI=1S/C15H22N2OS/c1-2-13-5-6-15(19-13)14(18)11-16-8-9-17-7-3-4-12(17)10-16/h5-6,12H,2-4,7-11H2,1H3. The third-order valence-corrected chi connectivity index (χ3v) is 5.59. The molecule has 0 saturated carbocycles. The molecule has 104 valence electrons. The summed E-state index contributed by atoms with van der Waals surface area (Å²) >= 11 is 1.66. The summed E-state index contributed by atoms with van der Waals surface area (Å²) in [6.45, 7) is 7.28. The van der Waals surface area contributed by atoms with Crippen molar-refractivity contribution < 1.29 is 4.79 Å². The summed E-state index contributed by atoms with van der Waals surface area (Å²) in [5, 5.41) is 0. The molecule has 3 nitrogen and oxygen atoms in total. The van der Waals surface area contributed by atoms with E-state index in [1.807, 2.05) is 6.07 Å². The van der Waals surface area contributed by atoms with E-state index in [4.69, 9.17) is 0 Å². The second kappa shape index (κ2) is 5.73. The van der Waals surface area contributed by atoms with E-state index < -0.39 is 0 Å². The zero-order chi connectivity index (χ0) is 13.2. The molecule has 0 aliphatic carbocycles. The number of Topliss-reactive ketones (excluding diaryl/α,β-unsaturated/α-hetero) is 1. The van der Waals surface area contributed by atoms with Gasteiger partial charge in [0.15, 0.2) is 5.78 Å². The zero-order valence-electron chi connectivity index (χ0n) is 11.6. The van der Waals surface area contributed by atoms with E-state index in [0.717, 1.165) is 30.9 Å². The van der Waals surface area contributed by atoms with Crippen LogP contribution in [0.15, 0.2) is 12.1 Å². The van der Waals surface area contributed by atoms with E-state index in [-0.39, 0.29) is 0 Å². The van der Waals surface area contributed by atoms with Crippen LogP contribution in [0.5, 0.6) is 0 Å². The molecule has 0 bridgehead atoms. The number of carbonyl (C=O) groups is 1. The Morgan fingerprint density at radius 2 is 2.26 bits per heavy atom. The normalized spacial score (nSPS) is 24.6. The number of hydrogen-bond donors (Lipinski definition) is 0. The van der Waals surface area contributed by atoms with E-state index in [1.165, 1.54) is 24.3 Å². The lowest BCUT2D eigenvalue weighted by Crippen LogP contribution is -2.51. The van der Waals surface area contributed by atoms with E-state index in [0.29, 0.717) is 18.4 Å². The molecule has 0 radical (unpaired) electrons.